The SMILES string of the molecule is CCC=C(C)C=CCNC(=O)c1nc(C)[nH]c1C. The highest BCUT2D eigenvalue weighted by molar-refractivity contribution is 5.93. The molecule has 18 heavy (non-hydrogen) atoms. The van der Waals surface area contributed by atoms with Crippen molar-refractivity contribution in [3.8, 4) is 0 Å². The Bertz CT molecular complexity index is 469. The van der Waals surface area contributed by atoms with Gasteiger partial charge in [-0.2, -0.15) is 0 Å². The number of rotatable bonds is 5. The number of hydrogen-bond donors (Lipinski definition) is 2. The Morgan fingerprint density at radius 3 is 2.72 bits per heavy atom. The number of carbonyl (C=O) groups is 1. The molecule has 0 aromatic carbocycles. The van der Waals surface area contributed by atoms with Crippen molar-refractivity contribution in [3.63, 3.8) is 0 Å². The van der Waals surface area contributed by atoms with Gasteiger partial charge >= 0.3 is 0 Å². The van der Waals surface area contributed by atoms with Crippen molar-refractivity contribution in [1.82, 2.24) is 15.3 Å². The minimum Gasteiger partial charge on any atom is -0.347 e. The molecule has 0 unspecified atom stereocenters. The number of H-pyrrole nitrogens is 1. The second-order valence-electron chi connectivity index (χ2n) is 4.26. The van der Waals surface area contributed by atoms with Gasteiger partial charge in [0, 0.05) is 12.2 Å². The molecule has 98 valence electrons. The van der Waals surface area contributed by atoms with Crippen LogP contribution in [0.4, 0.5) is 0 Å². The summed E-state index contributed by atoms with van der Waals surface area (Å²) >= 11 is 0. The van der Waals surface area contributed by atoms with E-state index in [1.165, 1.54) is 5.57 Å². The van der Waals surface area contributed by atoms with Gasteiger partial charge in [-0.15, -0.1) is 0 Å². The first-order chi connectivity index (χ1) is 8.54. The van der Waals surface area contributed by atoms with Crippen molar-refractivity contribution in [2.75, 3.05) is 6.54 Å². The highest BCUT2D eigenvalue weighted by Gasteiger charge is 2.11. The van der Waals surface area contributed by atoms with E-state index in [1.54, 1.807) is 0 Å². The van der Waals surface area contributed by atoms with Gasteiger partial charge in [-0.05, 0) is 27.2 Å². The maximum absolute atomic E-state index is 11.8. The number of allylic oxidation sites excluding steroid dienone is 3. The number of nitrogens with zero attached hydrogens (tertiary/aromatic N) is 1. The van der Waals surface area contributed by atoms with Crippen molar-refractivity contribution in [1.29, 1.82) is 0 Å². The summed E-state index contributed by atoms with van der Waals surface area (Å²) in [4.78, 5) is 19.0. The summed E-state index contributed by atoms with van der Waals surface area (Å²) in [6.07, 6.45) is 7.11. The molecule has 2 N–H and O–H groups in total. The number of aromatic amines is 1. The molecule has 4 nitrogen and oxygen atoms in total. The fraction of sp³-hybridized carbons (Fsp3) is 0.429. The Hall–Kier alpha value is -1.84. The Balaban J connectivity index is 2.47. The van der Waals surface area contributed by atoms with E-state index in [1.807, 2.05) is 32.9 Å². The highest BCUT2D eigenvalue weighted by atomic mass is 16.1. The Morgan fingerprint density at radius 1 is 1.44 bits per heavy atom. The van der Waals surface area contributed by atoms with Gasteiger partial charge in [0.2, 0.25) is 0 Å². The third kappa shape index (κ3) is 4.20. The molecule has 0 aliphatic carbocycles. The molecule has 0 atom stereocenters. The molecule has 1 aromatic heterocycles. The second kappa shape index (κ2) is 6.79. The van der Waals surface area contributed by atoms with Gasteiger partial charge in [-0.1, -0.05) is 30.7 Å². The zero-order valence-corrected chi connectivity index (χ0v) is 11.5. The van der Waals surface area contributed by atoms with Crippen molar-refractivity contribution in [2.45, 2.75) is 34.1 Å². The molecular formula is C14H21N3O. The summed E-state index contributed by atoms with van der Waals surface area (Å²) in [6, 6.07) is 0. The molecule has 0 bridgehead atoms. The van der Waals surface area contributed by atoms with E-state index < -0.39 is 0 Å². The predicted molar refractivity (Wildman–Crippen MR) is 73.6 cm³/mol. The second-order valence-corrected chi connectivity index (χ2v) is 4.26. The zero-order chi connectivity index (χ0) is 13.5. The van der Waals surface area contributed by atoms with Crippen LogP contribution in [-0.4, -0.2) is 22.4 Å². The fourth-order valence-electron chi connectivity index (χ4n) is 1.70. The van der Waals surface area contributed by atoms with Gasteiger partial charge in [0.15, 0.2) is 0 Å². The molecule has 0 aliphatic heterocycles. The minimum absolute atomic E-state index is 0.140. The number of hydrogen-bond acceptors (Lipinski definition) is 2. The molecule has 0 spiro atoms. The van der Waals surface area contributed by atoms with Crippen LogP contribution >= 0.6 is 0 Å². The Morgan fingerprint density at radius 2 is 2.17 bits per heavy atom. The molecule has 1 rings (SSSR count). The van der Waals surface area contributed by atoms with Crippen molar-refractivity contribution in [3.05, 3.63) is 41.0 Å². The van der Waals surface area contributed by atoms with E-state index in [0.29, 0.717) is 12.2 Å². The number of amides is 1. The lowest BCUT2D eigenvalue weighted by atomic mass is 10.2. The lowest BCUT2D eigenvalue weighted by Crippen LogP contribution is -2.24. The molecule has 0 fully saturated rings. The van der Waals surface area contributed by atoms with Gasteiger partial charge in [0.05, 0.1) is 0 Å². The summed E-state index contributed by atoms with van der Waals surface area (Å²) < 4.78 is 0. The Kier molecular flexibility index (Phi) is 5.36. The molecule has 0 aliphatic rings. The van der Waals surface area contributed by atoms with Gasteiger partial charge in [0.25, 0.3) is 5.91 Å². The van der Waals surface area contributed by atoms with Crippen LogP contribution in [0.15, 0.2) is 23.8 Å². The van der Waals surface area contributed by atoms with Crippen LogP contribution in [0, 0.1) is 13.8 Å². The summed E-state index contributed by atoms with van der Waals surface area (Å²) in [5.74, 6) is 0.619. The monoisotopic (exact) mass is 247 g/mol. The quantitative estimate of drug-likeness (QED) is 0.786. The molecule has 0 radical (unpaired) electrons. The van der Waals surface area contributed by atoms with Gasteiger partial charge < -0.3 is 10.3 Å². The maximum atomic E-state index is 11.8. The number of imidazole rings is 1. The van der Waals surface area contributed by atoms with E-state index >= 15 is 0 Å². The van der Waals surface area contributed by atoms with Crippen molar-refractivity contribution < 1.29 is 4.79 Å². The average molecular weight is 247 g/mol. The summed E-state index contributed by atoms with van der Waals surface area (Å²) in [5.41, 5.74) is 2.48. The number of aromatic nitrogens is 2. The van der Waals surface area contributed by atoms with Crippen LogP contribution in [0.5, 0.6) is 0 Å². The molecular weight excluding hydrogens is 226 g/mol. The van der Waals surface area contributed by atoms with Crippen LogP contribution in [-0.2, 0) is 0 Å². The summed E-state index contributed by atoms with van der Waals surface area (Å²) in [5, 5.41) is 2.82. The zero-order valence-electron chi connectivity index (χ0n) is 11.5. The highest BCUT2D eigenvalue weighted by Crippen LogP contribution is 2.03. The first kappa shape index (κ1) is 14.2. The van der Waals surface area contributed by atoms with Gasteiger partial charge in [-0.3, -0.25) is 4.79 Å². The third-order valence-corrected chi connectivity index (χ3v) is 2.51. The van der Waals surface area contributed by atoms with Crippen LogP contribution in [0.1, 0.15) is 42.3 Å². The molecule has 1 heterocycles. The third-order valence-electron chi connectivity index (χ3n) is 2.51. The molecule has 1 aromatic rings. The minimum atomic E-state index is -0.140. The van der Waals surface area contributed by atoms with Crippen molar-refractivity contribution >= 4 is 5.91 Å². The van der Waals surface area contributed by atoms with Gasteiger partial charge in [-0.25, -0.2) is 4.98 Å². The van der Waals surface area contributed by atoms with Gasteiger partial charge in [0.1, 0.15) is 11.5 Å². The smallest absolute Gasteiger partial charge is 0.272 e. The molecule has 1 amide bonds. The largest absolute Gasteiger partial charge is 0.347 e. The van der Waals surface area contributed by atoms with E-state index in [-0.39, 0.29) is 5.91 Å². The maximum Gasteiger partial charge on any atom is 0.272 e. The van der Waals surface area contributed by atoms with Crippen LogP contribution in [0.3, 0.4) is 0 Å². The summed E-state index contributed by atoms with van der Waals surface area (Å²) in [6.45, 7) is 8.34. The van der Waals surface area contributed by atoms with Crippen molar-refractivity contribution in [2.24, 2.45) is 0 Å². The molecule has 4 heteroatoms. The lowest BCUT2D eigenvalue weighted by Gasteiger charge is -1.99. The van der Waals surface area contributed by atoms with E-state index in [4.69, 9.17) is 0 Å². The fourth-order valence-corrected chi connectivity index (χ4v) is 1.70. The molecule has 0 saturated carbocycles. The number of carbonyl (C=O) groups excluding carboxylic acids is 1. The topological polar surface area (TPSA) is 57.8 Å². The predicted octanol–water partition coefficient (Wildman–Crippen LogP) is 2.67. The first-order valence-corrected chi connectivity index (χ1v) is 6.19. The lowest BCUT2D eigenvalue weighted by molar-refractivity contribution is 0.0953. The van der Waals surface area contributed by atoms with E-state index in [9.17, 15) is 4.79 Å². The molecule has 0 saturated heterocycles. The van der Waals surface area contributed by atoms with E-state index in [2.05, 4.69) is 28.3 Å². The number of nitrogens with one attached hydrogen (secondary N) is 2. The normalized spacial score (nSPS) is 12.1. The summed E-state index contributed by atoms with van der Waals surface area (Å²) in [7, 11) is 0. The van der Waals surface area contributed by atoms with Crippen LogP contribution in [0.25, 0.3) is 0 Å². The van der Waals surface area contributed by atoms with Crippen LogP contribution in [0.2, 0.25) is 0 Å². The Labute approximate surface area is 108 Å². The average Bonchev–Trinajstić information content (AvgIpc) is 2.64. The van der Waals surface area contributed by atoms with E-state index in [0.717, 1.165) is 17.9 Å². The standard InChI is InChI=1S/C14H21N3O/c1-5-7-10(2)8-6-9-15-14(18)13-11(3)16-12(4)17-13/h6-8H,5,9H2,1-4H3,(H,15,18)(H,16,17). The van der Waals surface area contributed by atoms with Crippen LogP contribution < -0.4 is 5.32 Å². The number of aryl methyl sites for hydroxylation is 2. The first-order valence-electron chi connectivity index (χ1n) is 6.19.